The monoisotopic (exact) mass is 367 g/mol. The van der Waals surface area contributed by atoms with Gasteiger partial charge >= 0.3 is 5.97 Å². The maximum Gasteiger partial charge on any atom is 0.323 e. The van der Waals surface area contributed by atoms with Crippen molar-refractivity contribution < 1.29 is 24.1 Å². The number of rotatable bonds is 11. The predicted molar refractivity (Wildman–Crippen MR) is 102 cm³/mol. The molecule has 0 saturated carbocycles. The van der Waals surface area contributed by atoms with E-state index < -0.39 is 11.5 Å². The minimum absolute atomic E-state index is 0.00370. The van der Waals surface area contributed by atoms with Crippen molar-refractivity contribution in [1.29, 1.82) is 0 Å². The van der Waals surface area contributed by atoms with Crippen LogP contribution in [0.4, 0.5) is 0 Å². The molecule has 0 spiro atoms. The van der Waals surface area contributed by atoms with Gasteiger partial charge in [-0.1, -0.05) is 13.8 Å². The van der Waals surface area contributed by atoms with Gasteiger partial charge in [0.25, 0.3) is 0 Å². The second-order valence-electron chi connectivity index (χ2n) is 6.82. The van der Waals surface area contributed by atoms with Crippen molar-refractivity contribution in [3.8, 4) is 17.2 Å². The van der Waals surface area contributed by atoms with Crippen LogP contribution in [-0.4, -0.2) is 36.4 Å². The molecule has 0 radical (unpaired) electrons. The van der Waals surface area contributed by atoms with Crippen LogP contribution >= 0.6 is 0 Å². The smallest absolute Gasteiger partial charge is 0.323 e. The van der Waals surface area contributed by atoms with Gasteiger partial charge < -0.3 is 25.1 Å². The minimum Gasteiger partial charge on any atom is -0.494 e. The summed E-state index contributed by atoms with van der Waals surface area (Å²) in [6.45, 7) is 12.9. The highest BCUT2D eigenvalue weighted by atomic mass is 16.5. The van der Waals surface area contributed by atoms with E-state index in [0.717, 1.165) is 5.56 Å². The molecule has 1 aromatic carbocycles. The van der Waals surface area contributed by atoms with Gasteiger partial charge in [-0.15, -0.1) is 0 Å². The molecule has 0 amide bonds. The maximum atomic E-state index is 11.4. The van der Waals surface area contributed by atoms with Crippen LogP contribution in [0.3, 0.4) is 0 Å². The number of ether oxygens (including phenoxy) is 3. The summed E-state index contributed by atoms with van der Waals surface area (Å²) < 4.78 is 17.3. The van der Waals surface area contributed by atoms with Gasteiger partial charge in [0, 0.05) is 17.7 Å². The Morgan fingerprint density at radius 2 is 1.54 bits per heavy atom. The number of hydrogen-bond donors (Lipinski definition) is 2. The summed E-state index contributed by atoms with van der Waals surface area (Å²) in [6.07, 6.45) is 0.341. The lowest BCUT2D eigenvalue weighted by atomic mass is 9.80. The van der Waals surface area contributed by atoms with E-state index in [0.29, 0.717) is 43.5 Å². The maximum absolute atomic E-state index is 11.4. The van der Waals surface area contributed by atoms with E-state index in [1.54, 1.807) is 6.92 Å². The lowest BCUT2D eigenvalue weighted by molar-refractivity contribution is -0.143. The predicted octanol–water partition coefficient (Wildman–Crippen LogP) is 3.81. The first-order valence-corrected chi connectivity index (χ1v) is 9.26. The lowest BCUT2D eigenvalue weighted by Gasteiger charge is -2.30. The molecule has 3 unspecified atom stereocenters. The van der Waals surface area contributed by atoms with Crippen LogP contribution < -0.4 is 19.9 Å². The molecule has 3 atom stereocenters. The summed E-state index contributed by atoms with van der Waals surface area (Å²) in [4.78, 5) is 11.4. The molecular weight excluding hydrogens is 334 g/mol. The molecule has 6 heteroatoms. The highest BCUT2D eigenvalue weighted by molar-refractivity contribution is 5.77. The molecule has 1 rings (SSSR count). The van der Waals surface area contributed by atoms with Gasteiger partial charge in [-0.2, -0.15) is 0 Å². The molecular formula is C20H33NO5. The van der Waals surface area contributed by atoms with Crippen molar-refractivity contribution in [2.75, 3.05) is 19.8 Å². The third-order valence-electron chi connectivity index (χ3n) is 4.53. The van der Waals surface area contributed by atoms with Gasteiger partial charge in [0.05, 0.1) is 19.8 Å². The summed E-state index contributed by atoms with van der Waals surface area (Å²) in [6, 6.07) is 3.74. The Balaban J connectivity index is 3.30. The molecule has 0 bridgehead atoms. The first-order valence-electron chi connectivity index (χ1n) is 9.26. The van der Waals surface area contributed by atoms with Crippen molar-refractivity contribution in [2.24, 2.45) is 11.7 Å². The zero-order chi connectivity index (χ0) is 19.9. The van der Waals surface area contributed by atoms with Crippen molar-refractivity contribution >= 4 is 5.97 Å². The molecule has 0 aliphatic rings. The van der Waals surface area contributed by atoms with Crippen LogP contribution in [-0.2, 0) is 4.79 Å². The fraction of sp³-hybridized carbons (Fsp3) is 0.650. The number of nitrogens with two attached hydrogens (primary N) is 1. The van der Waals surface area contributed by atoms with E-state index in [4.69, 9.17) is 19.9 Å². The van der Waals surface area contributed by atoms with Gasteiger partial charge in [-0.05, 0) is 46.0 Å². The summed E-state index contributed by atoms with van der Waals surface area (Å²) in [7, 11) is 0. The molecule has 0 aliphatic carbocycles. The fourth-order valence-corrected chi connectivity index (χ4v) is 3.04. The van der Waals surface area contributed by atoms with Gasteiger partial charge in [0.1, 0.15) is 22.8 Å². The number of aliphatic carboxylic acids is 1. The van der Waals surface area contributed by atoms with E-state index >= 15 is 0 Å². The van der Waals surface area contributed by atoms with Crippen molar-refractivity contribution in [3.63, 3.8) is 0 Å². The van der Waals surface area contributed by atoms with Crippen LogP contribution in [0, 0.1) is 5.92 Å². The fourth-order valence-electron chi connectivity index (χ4n) is 3.04. The van der Waals surface area contributed by atoms with E-state index in [1.165, 1.54) is 0 Å². The first kappa shape index (κ1) is 22.1. The van der Waals surface area contributed by atoms with Gasteiger partial charge in [-0.3, -0.25) is 4.79 Å². The van der Waals surface area contributed by atoms with Gasteiger partial charge in [-0.25, -0.2) is 0 Å². The molecule has 0 aromatic heterocycles. The SMILES string of the molecule is CCOc1cc(OCC)c(C(C)C(C)CC(C)(N)C(=O)O)c(OCC)c1. The topological polar surface area (TPSA) is 91.0 Å². The zero-order valence-electron chi connectivity index (χ0n) is 16.8. The molecule has 0 aliphatic heterocycles. The van der Waals surface area contributed by atoms with E-state index in [9.17, 15) is 9.90 Å². The third-order valence-corrected chi connectivity index (χ3v) is 4.53. The summed E-state index contributed by atoms with van der Waals surface area (Å²) >= 11 is 0. The number of carboxylic acid groups (broad SMARTS) is 1. The first-order chi connectivity index (χ1) is 12.2. The second-order valence-corrected chi connectivity index (χ2v) is 6.82. The lowest BCUT2D eigenvalue weighted by Crippen LogP contribution is -2.46. The number of benzene rings is 1. The Morgan fingerprint density at radius 1 is 1.08 bits per heavy atom. The third kappa shape index (κ3) is 5.53. The van der Waals surface area contributed by atoms with Crippen LogP contribution in [0.2, 0.25) is 0 Å². The molecule has 1 aromatic rings. The van der Waals surface area contributed by atoms with Crippen molar-refractivity contribution in [1.82, 2.24) is 0 Å². The van der Waals surface area contributed by atoms with E-state index in [-0.39, 0.29) is 11.8 Å². The largest absolute Gasteiger partial charge is 0.494 e. The molecule has 26 heavy (non-hydrogen) atoms. The average Bonchev–Trinajstić information content (AvgIpc) is 2.54. The van der Waals surface area contributed by atoms with Crippen molar-refractivity contribution in [3.05, 3.63) is 17.7 Å². The second kappa shape index (κ2) is 9.67. The van der Waals surface area contributed by atoms with E-state index in [2.05, 4.69) is 0 Å². The van der Waals surface area contributed by atoms with Crippen LogP contribution in [0.25, 0.3) is 0 Å². The van der Waals surface area contributed by atoms with Gasteiger partial charge in [0.15, 0.2) is 0 Å². The summed E-state index contributed by atoms with van der Waals surface area (Å²) in [5, 5.41) is 9.32. The highest BCUT2D eigenvalue weighted by Gasteiger charge is 2.33. The Kier molecular flexibility index (Phi) is 8.21. The molecule has 0 fully saturated rings. The zero-order valence-corrected chi connectivity index (χ0v) is 16.8. The Labute approximate surface area is 156 Å². The van der Waals surface area contributed by atoms with Gasteiger partial charge in [0.2, 0.25) is 0 Å². The standard InChI is InChI=1S/C20H33NO5/c1-7-24-15-10-16(25-8-2)18(17(11-15)26-9-3)14(5)13(4)12-20(6,21)19(22)23/h10-11,13-14H,7-9,12,21H2,1-6H3,(H,22,23). The average molecular weight is 367 g/mol. The highest BCUT2D eigenvalue weighted by Crippen LogP contribution is 2.43. The molecule has 0 saturated heterocycles. The molecule has 6 nitrogen and oxygen atoms in total. The number of hydrogen-bond acceptors (Lipinski definition) is 5. The Hall–Kier alpha value is -1.95. The summed E-state index contributed by atoms with van der Waals surface area (Å²) in [5.41, 5.74) is 5.59. The number of carbonyl (C=O) groups is 1. The minimum atomic E-state index is -1.28. The summed E-state index contributed by atoms with van der Waals surface area (Å²) in [5.74, 6) is 1.11. The van der Waals surface area contributed by atoms with Crippen LogP contribution in [0.1, 0.15) is 59.4 Å². The number of carboxylic acids is 1. The van der Waals surface area contributed by atoms with Crippen molar-refractivity contribution in [2.45, 2.75) is 59.4 Å². The van der Waals surface area contributed by atoms with E-state index in [1.807, 2.05) is 46.8 Å². The quantitative estimate of drug-likeness (QED) is 0.618. The van der Waals surface area contributed by atoms with Crippen LogP contribution in [0.15, 0.2) is 12.1 Å². The Bertz CT molecular complexity index is 573. The molecule has 3 N–H and O–H groups in total. The Morgan fingerprint density at radius 3 is 1.92 bits per heavy atom. The molecule has 0 heterocycles. The normalized spacial score (nSPS) is 15.7. The van der Waals surface area contributed by atoms with Crippen LogP contribution in [0.5, 0.6) is 17.2 Å². The molecule has 148 valence electrons.